The van der Waals surface area contributed by atoms with Gasteiger partial charge in [0, 0.05) is 0 Å². The van der Waals surface area contributed by atoms with Gasteiger partial charge >= 0.3 is 0 Å². The molecular formula is C8H17NO4S. The summed E-state index contributed by atoms with van der Waals surface area (Å²) in [5, 5.41) is 9.37. The first-order valence-corrected chi connectivity index (χ1v) is 6.48. The Hall–Kier alpha value is -0.170. The Morgan fingerprint density at radius 1 is 1.50 bits per heavy atom. The molecule has 1 heterocycles. The molecule has 0 saturated carbocycles. The fourth-order valence-corrected chi connectivity index (χ4v) is 2.99. The lowest BCUT2D eigenvalue weighted by molar-refractivity contribution is -0.0192. The lowest BCUT2D eigenvalue weighted by Crippen LogP contribution is -2.39. The second-order valence-electron chi connectivity index (χ2n) is 4.07. The van der Waals surface area contributed by atoms with Crippen molar-refractivity contribution in [1.29, 1.82) is 0 Å². The molecule has 0 aromatic carbocycles. The Morgan fingerprint density at radius 2 is 2.14 bits per heavy atom. The SMILES string of the molecule is CC(C)CONC1CS(=O)(=O)CC1O. The highest BCUT2D eigenvalue weighted by Gasteiger charge is 2.36. The predicted octanol–water partition coefficient (Wildman–Crippen LogP) is -0.678. The van der Waals surface area contributed by atoms with Crippen LogP contribution >= 0.6 is 0 Å². The average molecular weight is 223 g/mol. The van der Waals surface area contributed by atoms with Crippen LogP contribution in [-0.4, -0.2) is 43.8 Å². The van der Waals surface area contributed by atoms with Crippen LogP contribution < -0.4 is 5.48 Å². The molecule has 0 spiro atoms. The summed E-state index contributed by atoms with van der Waals surface area (Å²) >= 11 is 0. The first-order chi connectivity index (χ1) is 6.41. The molecule has 1 saturated heterocycles. The van der Waals surface area contributed by atoms with Crippen molar-refractivity contribution in [2.75, 3.05) is 18.1 Å². The summed E-state index contributed by atoms with van der Waals surface area (Å²) in [6.07, 6.45) is -0.854. The molecule has 1 aliphatic rings. The van der Waals surface area contributed by atoms with E-state index in [-0.39, 0.29) is 11.5 Å². The van der Waals surface area contributed by atoms with Crippen LogP contribution in [0, 0.1) is 5.92 Å². The van der Waals surface area contributed by atoms with Crippen LogP contribution in [-0.2, 0) is 14.7 Å². The number of hydrogen-bond donors (Lipinski definition) is 2. The highest BCUT2D eigenvalue weighted by Crippen LogP contribution is 2.12. The summed E-state index contributed by atoms with van der Waals surface area (Å²) in [5.41, 5.74) is 2.59. The van der Waals surface area contributed by atoms with Crippen molar-refractivity contribution in [3.63, 3.8) is 0 Å². The molecule has 2 N–H and O–H groups in total. The molecule has 0 radical (unpaired) electrons. The topological polar surface area (TPSA) is 75.6 Å². The normalized spacial score (nSPS) is 31.1. The van der Waals surface area contributed by atoms with Crippen molar-refractivity contribution in [3.8, 4) is 0 Å². The van der Waals surface area contributed by atoms with E-state index in [4.69, 9.17) is 4.84 Å². The first kappa shape index (κ1) is 11.9. The van der Waals surface area contributed by atoms with E-state index in [0.29, 0.717) is 12.5 Å². The lowest BCUT2D eigenvalue weighted by atomic mass is 10.2. The number of aliphatic hydroxyl groups excluding tert-OH is 1. The van der Waals surface area contributed by atoms with Crippen molar-refractivity contribution < 1.29 is 18.4 Å². The van der Waals surface area contributed by atoms with Gasteiger partial charge in [-0.25, -0.2) is 8.42 Å². The predicted molar refractivity (Wildman–Crippen MR) is 52.4 cm³/mol. The van der Waals surface area contributed by atoms with Gasteiger partial charge in [-0.2, -0.15) is 5.48 Å². The molecule has 0 amide bonds. The summed E-state index contributed by atoms with van der Waals surface area (Å²) in [6.45, 7) is 4.48. The van der Waals surface area contributed by atoms with Gasteiger partial charge in [0.05, 0.1) is 30.3 Å². The van der Waals surface area contributed by atoms with Gasteiger partial charge in [0.15, 0.2) is 9.84 Å². The van der Waals surface area contributed by atoms with Gasteiger partial charge in [0.25, 0.3) is 0 Å². The molecule has 0 aromatic heterocycles. The van der Waals surface area contributed by atoms with Gasteiger partial charge in [-0.05, 0) is 5.92 Å². The third-order valence-electron chi connectivity index (χ3n) is 1.97. The number of aliphatic hydroxyl groups is 1. The maximum absolute atomic E-state index is 11.1. The Labute approximate surface area is 84.3 Å². The second kappa shape index (κ2) is 4.57. The Morgan fingerprint density at radius 3 is 2.57 bits per heavy atom. The molecule has 0 aromatic rings. The first-order valence-electron chi connectivity index (χ1n) is 4.66. The fraction of sp³-hybridized carbons (Fsp3) is 1.00. The van der Waals surface area contributed by atoms with Crippen molar-refractivity contribution >= 4 is 9.84 Å². The van der Waals surface area contributed by atoms with Gasteiger partial charge in [0.1, 0.15) is 0 Å². The van der Waals surface area contributed by atoms with Crippen molar-refractivity contribution in [2.24, 2.45) is 5.92 Å². The average Bonchev–Trinajstić information content (AvgIpc) is 2.24. The minimum absolute atomic E-state index is 0.0493. The Kier molecular flexibility index (Phi) is 3.88. The molecule has 0 aliphatic carbocycles. The van der Waals surface area contributed by atoms with E-state index in [1.165, 1.54) is 0 Å². The smallest absolute Gasteiger partial charge is 0.154 e. The van der Waals surface area contributed by atoms with Crippen LogP contribution in [0.4, 0.5) is 0 Å². The number of rotatable bonds is 4. The van der Waals surface area contributed by atoms with E-state index in [1.54, 1.807) is 0 Å². The van der Waals surface area contributed by atoms with Crippen molar-refractivity contribution in [1.82, 2.24) is 5.48 Å². The van der Waals surface area contributed by atoms with Crippen LogP contribution in [0.3, 0.4) is 0 Å². The number of hydrogen-bond acceptors (Lipinski definition) is 5. The van der Waals surface area contributed by atoms with E-state index in [9.17, 15) is 13.5 Å². The second-order valence-corrected chi connectivity index (χ2v) is 6.23. The molecule has 2 atom stereocenters. The quantitative estimate of drug-likeness (QED) is 0.618. The monoisotopic (exact) mass is 223 g/mol. The molecule has 1 fully saturated rings. The molecular weight excluding hydrogens is 206 g/mol. The summed E-state index contributed by atoms with van der Waals surface area (Å²) in [6, 6.07) is -0.487. The Balaban J connectivity index is 2.33. The zero-order chi connectivity index (χ0) is 10.8. The van der Waals surface area contributed by atoms with E-state index in [0.717, 1.165) is 0 Å². The van der Waals surface area contributed by atoms with Gasteiger partial charge in [0.2, 0.25) is 0 Å². The van der Waals surface area contributed by atoms with Crippen molar-refractivity contribution in [2.45, 2.75) is 26.0 Å². The molecule has 6 heteroatoms. The number of sulfone groups is 1. The van der Waals surface area contributed by atoms with Crippen LogP contribution in [0.15, 0.2) is 0 Å². The third kappa shape index (κ3) is 3.53. The number of nitrogens with one attached hydrogen (secondary N) is 1. The maximum Gasteiger partial charge on any atom is 0.154 e. The molecule has 14 heavy (non-hydrogen) atoms. The highest BCUT2D eigenvalue weighted by molar-refractivity contribution is 7.91. The zero-order valence-electron chi connectivity index (χ0n) is 8.43. The minimum Gasteiger partial charge on any atom is -0.390 e. The largest absolute Gasteiger partial charge is 0.390 e. The molecule has 2 unspecified atom stereocenters. The fourth-order valence-electron chi connectivity index (χ4n) is 1.26. The molecule has 1 rings (SSSR count). The summed E-state index contributed by atoms with van der Waals surface area (Å²) in [5.74, 6) is 0.153. The molecule has 0 bridgehead atoms. The van der Waals surface area contributed by atoms with Gasteiger partial charge in [-0.15, -0.1) is 0 Å². The summed E-state index contributed by atoms with van der Waals surface area (Å²) in [7, 11) is -3.09. The summed E-state index contributed by atoms with van der Waals surface area (Å²) < 4.78 is 22.2. The lowest BCUT2D eigenvalue weighted by Gasteiger charge is -2.15. The van der Waals surface area contributed by atoms with Gasteiger partial charge in [-0.1, -0.05) is 13.8 Å². The van der Waals surface area contributed by atoms with E-state index in [2.05, 4.69) is 5.48 Å². The van der Waals surface area contributed by atoms with Gasteiger partial charge < -0.3 is 9.94 Å². The van der Waals surface area contributed by atoms with Crippen molar-refractivity contribution in [3.05, 3.63) is 0 Å². The van der Waals surface area contributed by atoms with Crippen LogP contribution in [0.2, 0.25) is 0 Å². The molecule has 1 aliphatic heterocycles. The number of hydroxylamine groups is 1. The molecule has 5 nitrogen and oxygen atoms in total. The highest BCUT2D eigenvalue weighted by atomic mass is 32.2. The van der Waals surface area contributed by atoms with Crippen LogP contribution in [0.25, 0.3) is 0 Å². The third-order valence-corrected chi connectivity index (χ3v) is 3.69. The maximum atomic E-state index is 11.1. The molecule has 84 valence electrons. The Bertz CT molecular complexity index is 275. The van der Waals surface area contributed by atoms with Gasteiger partial charge in [-0.3, -0.25) is 0 Å². The van der Waals surface area contributed by atoms with E-state index in [1.807, 2.05) is 13.8 Å². The zero-order valence-corrected chi connectivity index (χ0v) is 9.25. The minimum atomic E-state index is -3.09. The van der Waals surface area contributed by atoms with E-state index >= 15 is 0 Å². The van der Waals surface area contributed by atoms with Crippen LogP contribution in [0.5, 0.6) is 0 Å². The van der Waals surface area contributed by atoms with Crippen LogP contribution in [0.1, 0.15) is 13.8 Å². The summed E-state index contributed by atoms with van der Waals surface area (Å²) in [4.78, 5) is 5.07. The van der Waals surface area contributed by atoms with E-state index < -0.39 is 22.0 Å². The standard InChI is InChI=1S/C8H17NO4S/c1-6(2)3-13-9-7-4-14(11,12)5-8(7)10/h6-10H,3-5H2,1-2H3.